The molecule has 0 spiro atoms. The Balaban J connectivity index is 2.55. The second-order valence-electron chi connectivity index (χ2n) is 2.71. The van der Waals surface area contributed by atoms with Crippen molar-refractivity contribution in [3.63, 3.8) is 0 Å². The Morgan fingerprint density at radius 2 is 2.31 bits per heavy atom. The third-order valence-electron chi connectivity index (χ3n) is 1.84. The molecule has 0 radical (unpaired) electrons. The van der Waals surface area contributed by atoms with Crippen molar-refractivity contribution in [2.75, 3.05) is 5.88 Å². The first-order valence-corrected chi connectivity index (χ1v) is 4.44. The van der Waals surface area contributed by atoms with Crippen molar-refractivity contribution in [3.05, 3.63) is 29.7 Å². The van der Waals surface area contributed by atoms with Crippen molar-refractivity contribution < 1.29 is 8.91 Å². The summed E-state index contributed by atoms with van der Waals surface area (Å²) in [5.74, 6) is 0.167. The highest BCUT2D eigenvalue weighted by Gasteiger charge is 2.07. The lowest BCUT2D eigenvalue weighted by Gasteiger charge is -1.90. The molecule has 68 valence electrons. The van der Waals surface area contributed by atoms with Gasteiger partial charge < -0.3 is 4.52 Å². The molecule has 2 nitrogen and oxygen atoms in total. The molecule has 0 amide bonds. The summed E-state index contributed by atoms with van der Waals surface area (Å²) in [5, 5.41) is 4.64. The van der Waals surface area contributed by atoms with E-state index in [2.05, 4.69) is 5.16 Å². The van der Waals surface area contributed by atoms with E-state index < -0.39 is 0 Å². The molecule has 1 aromatic heterocycles. The molecule has 0 saturated heterocycles. The Morgan fingerprint density at radius 3 is 3.08 bits per heavy atom. The third kappa shape index (κ3) is 1.52. The standard InChI is InChI=1S/C9H7ClFNO/c10-4-3-8-7-2-1-6(11)5-9(7)13-12-8/h1-2,5H,3-4H2. The van der Waals surface area contributed by atoms with Crippen molar-refractivity contribution in [3.8, 4) is 0 Å². The van der Waals surface area contributed by atoms with Gasteiger partial charge in [-0.15, -0.1) is 11.6 Å². The number of aryl methyl sites for hydroxylation is 1. The SMILES string of the molecule is Fc1ccc2c(CCCl)noc2c1. The molecule has 0 fully saturated rings. The smallest absolute Gasteiger partial charge is 0.170 e. The van der Waals surface area contributed by atoms with Crippen molar-refractivity contribution in [1.29, 1.82) is 0 Å². The van der Waals surface area contributed by atoms with E-state index in [1.54, 1.807) is 6.07 Å². The Labute approximate surface area is 79.3 Å². The third-order valence-corrected chi connectivity index (χ3v) is 2.03. The van der Waals surface area contributed by atoms with Crippen LogP contribution in [0.1, 0.15) is 5.69 Å². The van der Waals surface area contributed by atoms with Crippen LogP contribution >= 0.6 is 11.6 Å². The monoisotopic (exact) mass is 199 g/mol. The maximum absolute atomic E-state index is 12.7. The topological polar surface area (TPSA) is 26.0 Å². The molecule has 4 heteroatoms. The highest BCUT2D eigenvalue weighted by atomic mass is 35.5. The molecule has 0 aliphatic rings. The number of nitrogens with zero attached hydrogens (tertiary/aromatic N) is 1. The van der Waals surface area contributed by atoms with Gasteiger partial charge in [0.05, 0.1) is 5.69 Å². The van der Waals surface area contributed by atoms with Gasteiger partial charge in [-0.05, 0) is 12.1 Å². The molecular weight excluding hydrogens is 193 g/mol. The van der Waals surface area contributed by atoms with Crippen LogP contribution in [0.25, 0.3) is 11.0 Å². The first-order chi connectivity index (χ1) is 6.31. The van der Waals surface area contributed by atoms with Gasteiger partial charge in [0.15, 0.2) is 5.58 Å². The van der Waals surface area contributed by atoms with Crippen molar-refractivity contribution in [2.24, 2.45) is 0 Å². The highest BCUT2D eigenvalue weighted by molar-refractivity contribution is 6.18. The van der Waals surface area contributed by atoms with Crippen LogP contribution in [0.2, 0.25) is 0 Å². The van der Waals surface area contributed by atoms with E-state index in [4.69, 9.17) is 16.1 Å². The average Bonchev–Trinajstić information content (AvgIpc) is 2.49. The quantitative estimate of drug-likeness (QED) is 0.696. The Hall–Kier alpha value is -1.09. The molecule has 2 rings (SSSR count). The summed E-state index contributed by atoms with van der Waals surface area (Å²) in [6.07, 6.45) is 0.639. The van der Waals surface area contributed by atoms with Crippen LogP contribution in [-0.4, -0.2) is 11.0 Å². The van der Waals surface area contributed by atoms with Crippen LogP contribution in [0, 0.1) is 5.82 Å². The van der Waals surface area contributed by atoms with Gasteiger partial charge in [-0.3, -0.25) is 0 Å². The Kier molecular flexibility index (Phi) is 2.19. The van der Waals surface area contributed by atoms with Crippen LogP contribution in [0.3, 0.4) is 0 Å². The molecule has 0 bridgehead atoms. The number of fused-ring (bicyclic) bond motifs is 1. The second-order valence-corrected chi connectivity index (χ2v) is 3.09. The summed E-state index contributed by atoms with van der Waals surface area (Å²) in [4.78, 5) is 0. The molecule has 0 unspecified atom stereocenters. The highest BCUT2D eigenvalue weighted by Crippen LogP contribution is 2.19. The molecule has 1 heterocycles. The lowest BCUT2D eigenvalue weighted by Crippen LogP contribution is -1.85. The lowest BCUT2D eigenvalue weighted by atomic mass is 10.2. The molecule has 0 N–H and O–H groups in total. The zero-order valence-electron chi connectivity index (χ0n) is 6.76. The maximum Gasteiger partial charge on any atom is 0.170 e. The number of aromatic nitrogens is 1. The summed E-state index contributed by atoms with van der Waals surface area (Å²) >= 11 is 5.57. The summed E-state index contributed by atoms with van der Waals surface area (Å²) in [6.45, 7) is 0. The number of hydrogen-bond acceptors (Lipinski definition) is 2. The summed E-state index contributed by atoms with van der Waals surface area (Å²) in [5.41, 5.74) is 1.25. The Morgan fingerprint density at radius 1 is 1.46 bits per heavy atom. The summed E-state index contributed by atoms with van der Waals surface area (Å²) < 4.78 is 17.7. The minimum atomic E-state index is -0.318. The van der Waals surface area contributed by atoms with E-state index in [9.17, 15) is 4.39 Å². The fraction of sp³-hybridized carbons (Fsp3) is 0.222. The molecule has 13 heavy (non-hydrogen) atoms. The van der Waals surface area contributed by atoms with Crippen molar-refractivity contribution in [2.45, 2.75) is 6.42 Å². The largest absolute Gasteiger partial charge is 0.356 e. The summed E-state index contributed by atoms with van der Waals surface area (Å²) in [6, 6.07) is 4.36. The number of halogens is 2. The van der Waals surface area contributed by atoms with E-state index in [1.165, 1.54) is 12.1 Å². The fourth-order valence-electron chi connectivity index (χ4n) is 1.23. The van der Waals surface area contributed by atoms with E-state index in [1.807, 2.05) is 0 Å². The van der Waals surface area contributed by atoms with Gasteiger partial charge in [-0.1, -0.05) is 5.16 Å². The van der Waals surface area contributed by atoms with Crippen LogP contribution in [0.4, 0.5) is 4.39 Å². The van der Waals surface area contributed by atoms with E-state index in [-0.39, 0.29) is 5.82 Å². The van der Waals surface area contributed by atoms with E-state index >= 15 is 0 Å². The minimum absolute atomic E-state index is 0.318. The van der Waals surface area contributed by atoms with Gasteiger partial charge in [0.25, 0.3) is 0 Å². The number of rotatable bonds is 2. The zero-order chi connectivity index (χ0) is 9.26. The molecule has 0 saturated carbocycles. The van der Waals surface area contributed by atoms with Crippen molar-refractivity contribution >= 4 is 22.6 Å². The van der Waals surface area contributed by atoms with Crippen LogP contribution in [0.15, 0.2) is 22.7 Å². The normalized spacial score (nSPS) is 10.9. The molecule has 0 atom stereocenters. The van der Waals surface area contributed by atoms with Gasteiger partial charge in [0, 0.05) is 23.8 Å². The maximum atomic E-state index is 12.7. The fourth-order valence-corrected chi connectivity index (χ4v) is 1.41. The predicted octanol–water partition coefficient (Wildman–Crippen LogP) is 2.75. The van der Waals surface area contributed by atoms with Crippen molar-refractivity contribution in [1.82, 2.24) is 5.16 Å². The average molecular weight is 200 g/mol. The molecule has 1 aromatic carbocycles. The molecule has 2 aromatic rings. The second kappa shape index (κ2) is 3.34. The number of alkyl halides is 1. The number of benzene rings is 1. The minimum Gasteiger partial charge on any atom is -0.356 e. The molecule has 0 aliphatic carbocycles. The molecular formula is C9H7ClFNO. The predicted molar refractivity (Wildman–Crippen MR) is 48.4 cm³/mol. The van der Waals surface area contributed by atoms with Gasteiger partial charge in [-0.25, -0.2) is 4.39 Å². The van der Waals surface area contributed by atoms with Crippen LogP contribution < -0.4 is 0 Å². The van der Waals surface area contributed by atoms with Crippen LogP contribution in [0.5, 0.6) is 0 Å². The Bertz CT molecular complexity index is 426. The van der Waals surface area contributed by atoms with Gasteiger partial charge in [0.2, 0.25) is 0 Å². The van der Waals surface area contributed by atoms with Crippen LogP contribution in [-0.2, 0) is 6.42 Å². The van der Waals surface area contributed by atoms with Gasteiger partial charge in [-0.2, -0.15) is 0 Å². The zero-order valence-corrected chi connectivity index (χ0v) is 7.51. The lowest BCUT2D eigenvalue weighted by molar-refractivity contribution is 0.445. The van der Waals surface area contributed by atoms with E-state index in [0.717, 1.165) is 11.1 Å². The first-order valence-electron chi connectivity index (χ1n) is 3.91. The summed E-state index contributed by atoms with van der Waals surface area (Å²) in [7, 11) is 0. The van der Waals surface area contributed by atoms with Gasteiger partial charge in [0.1, 0.15) is 5.82 Å². The number of hydrogen-bond donors (Lipinski definition) is 0. The molecule has 0 aliphatic heterocycles. The van der Waals surface area contributed by atoms with E-state index in [0.29, 0.717) is 17.9 Å². The first kappa shape index (κ1) is 8.51. The van der Waals surface area contributed by atoms with Gasteiger partial charge >= 0.3 is 0 Å².